The van der Waals surface area contributed by atoms with E-state index in [4.69, 9.17) is 0 Å². The normalized spacial score (nSPS) is 26.8. The first-order chi connectivity index (χ1) is 13.5. The zero-order valence-electron chi connectivity index (χ0n) is 15.7. The van der Waals surface area contributed by atoms with Crippen molar-refractivity contribution < 1.29 is 18.0 Å². The summed E-state index contributed by atoms with van der Waals surface area (Å²) in [7, 11) is -3.34. The van der Waals surface area contributed by atoms with Gasteiger partial charge in [0.2, 0.25) is 21.8 Å². The van der Waals surface area contributed by atoms with Crippen LogP contribution in [0.3, 0.4) is 0 Å². The Bertz CT molecular complexity index is 821. The van der Waals surface area contributed by atoms with Crippen LogP contribution in [-0.4, -0.2) is 65.3 Å². The number of nitrogens with zero attached hydrogens (tertiary/aromatic N) is 3. The van der Waals surface area contributed by atoms with Crippen molar-refractivity contribution in [2.24, 2.45) is 5.92 Å². The number of hydrogen-bond donors (Lipinski definition) is 1. The second-order valence-corrected chi connectivity index (χ2v) is 10.8. The van der Waals surface area contributed by atoms with Gasteiger partial charge in [-0.1, -0.05) is 32.1 Å². The van der Waals surface area contributed by atoms with Crippen LogP contribution >= 0.6 is 11.3 Å². The van der Waals surface area contributed by atoms with Crippen molar-refractivity contribution in [1.82, 2.24) is 14.2 Å². The fourth-order valence-electron chi connectivity index (χ4n) is 4.66. The molecule has 8 nitrogen and oxygen atoms in total. The average molecular weight is 427 g/mol. The molecule has 1 aromatic heterocycles. The molecule has 0 radical (unpaired) electrons. The zero-order valence-corrected chi connectivity index (χ0v) is 17.4. The Balaban J connectivity index is 1.53. The summed E-state index contributed by atoms with van der Waals surface area (Å²) in [6, 6.07) is -1.23. The van der Waals surface area contributed by atoms with Gasteiger partial charge in [0.1, 0.15) is 12.1 Å². The molecule has 3 fully saturated rings. The first-order valence-corrected chi connectivity index (χ1v) is 12.4. The van der Waals surface area contributed by atoms with Gasteiger partial charge in [0.15, 0.2) is 5.13 Å². The number of fused-ring (bicyclic) bond motifs is 1. The molecule has 1 saturated carbocycles. The summed E-state index contributed by atoms with van der Waals surface area (Å²) < 4.78 is 25.6. The summed E-state index contributed by atoms with van der Waals surface area (Å²) in [5.74, 6) is -0.0277. The van der Waals surface area contributed by atoms with Gasteiger partial charge in [-0.05, 0) is 18.8 Å². The molecule has 2 saturated heterocycles. The summed E-state index contributed by atoms with van der Waals surface area (Å²) in [5, 5.41) is 5.16. The summed E-state index contributed by atoms with van der Waals surface area (Å²) >= 11 is 1.34. The number of carbonyl (C=O) groups is 2. The molecule has 2 atom stereocenters. The lowest BCUT2D eigenvalue weighted by Gasteiger charge is -2.40. The van der Waals surface area contributed by atoms with E-state index in [2.05, 4.69) is 10.3 Å². The van der Waals surface area contributed by atoms with Gasteiger partial charge in [-0.2, -0.15) is 4.31 Å². The van der Waals surface area contributed by atoms with Crippen molar-refractivity contribution >= 4 is 38.3 Å². The molecule has 28 heavy (non-hydrogen) atoms. The lowest BCUT2D eigenvalue weighted by Crippen LogP contribution is -2.60. The van der Waals surface area contributed by atoms with Crippen LogP contribution in [0.4, 0.5) is 5.13 Å². The van der Waals surface area contributed by atoms with Crippen LogP contribution in [0, 0.1) is 5.92 Å². The lowest BCUT2D eigenvalue weighted by atomic mass is 9.84. The molecular formula is C18H26N4O4S2. The maximum absolute atomic E-state index is 13.1. The minimum absolute atomic E-state index is 0.00977. The predicted octanol–water partition coefficient (Wildman–Crippen LogP) is 1.67. The van der Waals surface area contributed by atoms with Gasteiger partial charge in [0.05, 0.1) is 5.75 Å². The number of nitrogens with one attached hydrogen (secondary N) is 1. The molecule has 0 bridgehead atoms. The van der Waals surface area contributed by atoms with Gasteiger partial charge in [0.25, 0.3) is 0 Å². The Hall–Kier alpha value is -1.52. The number of sulfonamides is 1. The lowest BCUT2D eigenvalue weighted by molar-refractivity contribution is -0.145. The molecule has 4 rings (SSSR count). The number of carbonyl (C=O) groups excluding carboxylic acids is 2. The molecule has 154 valence electrons. The van der Waals surface area contributed by atoms with E-state index in [1.54, 1.807) is 16.5 Å². The maximum Gasteiger partial charge on any atom is 0.248 e. The predicted molar refractivity (Wildman–Crippen MR) is 106 cm³/mol. The number of hydrogen-bond acceptors (Lipinski definition) is 6. The molecule has 3 heterocycles. The van der Waals surface area contributed by atoms with E-state index in [0.717, 1.165) is 25.7 Å². The van der Waals surface area contributed by atoms with E-state index in [-0.39, 0.29) is 30.7 Å². The van der Waals surface area contributed by atoms with Crippen molar-refractivity contribution in [2.45, 2.75) is 57.0 Å². The van der Waals surface area contributed by atoms with Crippen molar-refractivity contribution in [1.29, 1.82) is 0 Å². The van der Waals surface area contributed by atoms with Crippen LogP contribution in [0.25, 0.3) is 0 Å². The van der Waals surface area contributed by atoms with Gasteiger partial charge in [-0.25, -0.2) is 13.4 Å². The van der Waals surface area contributed by atoms with E-state index in [1.165, 1.54) is 22.1 Å². The van der Waals surface area contributed by atoms with Gasteiger partial charge in [0, 0.05) is 24.7 Å². The standard InChI is InChI=1S/C18H26N4O4S2/c23-16(20-18-19-7-10-27-18)15(12-13-4-2-1-3-5-13)21-8-9-22-14(17(21)24)6-11-28(22,25)26/h7,10,13-15H,1-6,8-9,11-12H2,(H,19,20,23)/t14-,15+/m1/s1. The first-order valence-electron chi connectivity index (χ1n) is 9.96. The molecule has 1 aromatic rings. The molecule has 3 aliphatic rings. The molecule has 2 amide bonds. The maximum atomic E-state index is 13.1. The minimum atomic E-state index is -3.34. The molecule has 2 aliphatic heterocycles. The third-order valence-corrected chi connectivity index (χ3v) is 8.70. The van der Waals surface area contributed by atoms with Gasteiger partial charge in [-0.3, -0.25) is 9.59 Å². The van der Waals surface area contributed by atoms with E-state index in [1.807, 2.05) is 0 Å². The second-order valence-electron chi connectivity index (χ2n) is 7.84. The van der Waals surface area contributed by atoms with Gasteiger partial charge >= 0.3 is 0 Å². The van der Waals surface area contributed by atoms with Crippen LogP contribution in [0.2, 0.25) is 0 Å². The SMILES string of the molecule is O=C(Nc1nccs1)[C@H](CC1CCCCC1)N1CCN2[C@H](CCS2(=O)=O)C1=O. The van der Waals surface area contributed by atoms with Crippen LogP contribution in [0.1, 0.15) is 44.9 Å². The number of anilines is 1. The van der Waals surface area contributed by atoms with Crippen LogP contribution in [-0.2, 0) is 19.6 Å². The third kappa shape index (κ3) is 3.95. The number of piperazine rings is 1. The fraction of sp³-hybridized carbons (Fsp3) is 0.722. The Kier molecular flexibility index (Phi) is 5.71. The van der Waals surface area contributed by atoms with Gasteiger partial charge < -0.3 is 10.2 Å². The topological polar surface area (TPSA) is 99.7 Å². The van der Waals surface area contributed by atoms with Crippen molar-refractivity contribution in [3.63, 3.8) is 0 Å². The smallest absolute Gasteiger partial charge is 0.248 e. The third-order valence-electron chi connectivity index (χ3n) is 6.11. The second kappa shape index (κ2) is 8.08. The summed E-state index contributed by atoms with van der Waals surface area (Å²) in [4.78, 5) is 31.9. The number of aromatic nitrogens is 1. The Morgan fingerprint density at radius 1 is 1.25 bits per heavy atom. The fourth-order valence-corrected chi connectivity index (χ4v) is 6.89. The number of rotatable bonds is 5. The first kappa shape index (κ1) is 19.8. The Morgan fingerprint density at radius 3 is 2.75 bits per heavy atom. The quantitative estimate of drug-likeness (QED) is 0.772. The summed E-state index contributed by atoms with van der Waals surface area (Å²) in [5.41, 5.74) is 0. The molecular weight excluding hydrogens is 400 g/mol. The van der Waals surface area contributed by atoms with Crippen LogP contribution in [0.5, 0.6) is 0 Å². The summed E-state index contributed by atoms with van der Waals surface area (Å²) in [6.07, 6.45) is 8.26. The van der Waals surface area contributed by atoms with E-state index in [9.17, 15) is 18.0 Å². The van der Waals surface area contributed by atoms with Crippen molar-refractivity contribution in [3.8, 4) is 0 Å². The molecule has 1 N–H and O–H groups in total. The highest BCUT2D eigenvalue weighted by Crippen LogP contribution is 2.32. The summed E-state index contributed by atoms with van der Waals surface area (Å²) in [6.45, 7) is 0.529. The number of thiazole rings is 1. The van der Waals surface area contributed by atoms with Crippen LogP contribution in [0.15, 0.2) is 11.6 Å². The Morgan fingerprint density at radius 2 is 2.04 bits per heavy atom. The molecule has 0 unspecified atom stereocenters. The molecule has 1 aliphatic carbocycles. The molecule has 0 spiro atoms. The van der Waals surface area contributed by atoms with E-state index < -0.39 is 22.1 Å². The highest BCUT2D eigenvalue weighted by atomic mass is 32.2. The number of amides is 2. The van der Waals surface area contributed by atoms with Crippen molar-refractivity contribution in [2.75, 3.05) is 24.2 Å². The van der Waals surface area contributed by atoms with E-state index in [0.29, 0.717) is 23.9 Å². The zero-order chi connectivity index (χ0) is 19.7. The monoisotopic (exact) mass is 426 g/mol. The van der Waals surface area contributed by atoms with Crippen LogP contribution < -0.4 is 5.32 Å². The van der Waals surface area contributed by atoms with Gasteiger partial charge in [-0.15, -0.1) is 11.3 Å². The highest BCUT2D eigenvalue weighted by Gasteiger charge is 2.48. The molecule has 0 aromatic carbocycles. The van der Waals surface area contributed by atoms with E-state index >= 15 is 0 Å². The molecule has 10 heteroatoms. The minimum Gasteiger partial charge on any atom is -0.328 e. The highest BCUT2D eigenvalue weighted by molar-refractivity contribution is 7.89. The Labute approximate surface area is 169 Å². The average Bonchev–Trinajstić information content (AvgIpc) is 3.29. The van der Waals surface area contributed by atoms with Crippen molar-refractivity contribution in [3.05, 3.63) is 11.6 Å². The largest absolute Gasteiger partial charge is 0.328 e.